The van der Waals surface area contributed by atoms with Gasteiger partial charge in [-0.25, -0.2) is 5.43 Å². The molecule has 1 unspecified atom stereocenters. The van der Waals surface area contributed by atoms with Gasteiger partial charge in [0.1, 0.15) is 0 Å². The first-order valence-corrected chi connectivity index (χ1v) is 7.40. The van der Waals surface area contributed by atoms with Gasteiger partial charge in [-0.1, -0.05) is 11.6 Å². The summed E-state index contributed by atoms with van der Waals surface area (Å²) in [5.74, 6) is 7.38. The topological polar surface area (TPSA) is 65.7 Å². The summed E-state index contributed by atoms with van der Waals surface area (Å²) in [6.45, 7) is 0. The van der Waals surface area contributed by atoms with Crippen molar-refractivity contribution in [1.82, 2.24) is 5.43 Å². The molecular formula is C14H17ClN2O3S. The first-order valence-electron chi connectivity index (χ1n) is 6.15. The lowest BCUT2D eigenvalue weighted by Crippen LogP contribution is -2.28. The molecular weight excluding hydrogens is 312 g/mol. The predicted molar refractivity (Wildman–Crippen MR) is 84.6 cm³/mol. The summed E-state index contributed by atoms with van der Waals surface area (Å²) in [7, 11) is 4.71. The number of ether oxygens (including phenoxy) is 3. The maximum Gasteiger partial charge on any atom is 0.203 e. The van der Waals surface area contributed by atoms with Crippen molar-refractivity contribution >= 4 is 22.9 Å². The zero-order valence-electron chi connectivity index (χ0n) is 12.0. The van der Waals surface area contributed by atoms with E-state index in [0.717, 1.165) is 10.4 Å². The molecule has 1 heterocycles. The van der Waals surface area contributed by atoms with Crippen LogP contribution in [0.4, 0.5) is 0 Å². The van der Waals surface area contributed by atoms with Crippen LogP contribution in [0.2, 0.25) is 5.02 Å². The summed E-state index contributed by atoms with van der Waals surface area (Å²) < 4.78 is 16.0. The minimum Gasteiger partial charge on any atom is -0.493 e. The quantitative estimate of drug-likeness (QED) is 0.630. The Balaban J connectivity index is 2.54. The third-order valence-electron chi connectivity index (χ3n) is 3.09. The minimum atomic E-state index is -0.258. The van der Waals surface area contributed by atoms with E-state index in [1.807, 2.05) is 23.6 Å². The molecule has 0 bridgehead atoms. The molecule has 3 N–H and O–H groups in total. The fourth-order valence-electron chi connectivity index (χ4n) is 2.10. The van der Waals surface area contributed by atoms with Gasteiger partial charge in [0.2, 0.25) is 5.75 Å². The first kappa shape index (κ1) is 15.9. The van der Waals surface area contributed by atoms with Crippen LogP contribution in [0.5, 0.6) is 17.2 Å². The number of hydrazine groups is 1. The summed E-state index contributed by atoms with van der Waals surface area (Å²) >= 11 is 7.72. The second kappa shape index (κ2) is 7.00. The van der Waals surface area contributed by atoms with Crippen molar-refractivity contribution in [2.75, 3.05) is 21.3 Å². The van der Waals surface area contributed by atoms with Gasteiger partial charge in [0.25, 0.3) is 0 Å². The Morgan fingerprint density at radius 2 is 1.76 bits per heavy atom. The van der Waals surface area contributed by atoms with Gasteiger partial charge in [-0.15, -0.1) is 11.3 Å². The lowest BCUT2D eigenvalue weighted by atomic mass is 10.0. The first-order chi connectivity index (χ1) is 10.2. The molecule has 0 radical (unpaired) electrons. The van der Waals surface area contributed by atoms with Crippen molar-refractivity contribution in [3.8, 4) is 17.2 Å². The molecule has 2 rings (SSSR count). The molecule has 0 aliphatic rings. The Morgan fingerprint density at radius 1 is 1.14 bits per heavy atom. The van der Waals surface area contributed by atoms with E-state index in [1.54, 1.807) is 21.3 Å². The van der Waals surface area contributed by atoms with Crippen LogP contribution in [-0.2, 0) is 0 Å². The monoisotopic (exact) mass is 328 g/mol. The van der Waals surface area contributed by atoms with Crippen molar-refractivity contribution in [3.63, 3.8) is 0 Å². The van der Waals surface area contributed by atoms with E-state index in [2.05, 4.69) is 5.43 Å². The van der Waals surface area contributed by atoms with E-state index in [9.17, 15) is 0 Å². The van der Waals surface area contributed by atoms with Crippen LogP contribution in [0.1, 0.15) is 16.5 Å². The molecule has 5 nitrogen and oxygen atoms in total. The number of hydrogen-bond donors (Lipinski definition) is 2. The maximum absolute atomic E-state index is 6.20. The van der Waals surface area contributed by atoms with Crippen LogP contribution in [0.25, 0.3) is 0 Å². The van der Waals surface area contributed by atoms with Crippen molar-refractivity contribution in [2.24, 2.45) is 5.84 Å². The summed E-state index contributed by atoms with van der Waals surface area (Å²) in [5, 5.41) is 2.58. The van der Waals surface area contributed by atoms with Crippen molar-refractivity contribution in [3.05, 3.63) is 39.0 Å². The average Bonchev–Trinajstić information content (AvgIpc) is 2.93. The highest BCUT2D eigenvalue weighted by atomic mass is 35.5. The van der Waals surface area contributed by atoms with Gasteiger partial charge in [-0.3, -0.25) is 5.84 Å². The second-order valence-electron chi connectivity index (χ2n) is 4.19. The number of rotatable bonds is 6. The molecule has 0 saturated heterocycles. The highest BCUT2D eigenvalue weighted by Crippen LogP contribution is 2.42. The third kappa shape index (κ3) is 3.08. The fraction of sp³-hybridized carbons (Fsp3) is 0.286. The molecule has 114 valence electrons. The molecule has 1 aromatic carbocycles. The summed E-state index contributed by atoms with van der Waals surface area (Å²) in [6, 6.07) is 5.28. The Labute approximate surface area is 132 Å². The standard InChI is InChI=1S/C14H17ClN2O3S/c1-18-10-6-8(7-11(19-2)13(10)20-3)12(17-16)14-9(15)4-5-21-14/h4-7,12,17H,16H2,1-3H3. The van der Waals surface area contributed by atoms with E-state index >= 15 is 0 Å². The fourth-order valence-corrected chi connectivity index (χ4v) is 3.35. The van der Waals surface area contributed by atoms with Gasteiger partial charge >= 0.3 is 0 Å². The molecule has 7 heteroatoms. The van der Waals surface area contributed by atoms with Crippen molar-refractivity contribution in [1.29, 1.82) is 0 Å². The van der Waals surface area contributed by atoms with Gasteiger partial charge in [-0.05, 0) is 29.1 Å². The second-order valence-corrected chi connectivity index (χ2v) is 5.55. The molecule has 0 spiro atoms. The van der Waals surface area contributed by atoms with Crippen molar-refractivity contribution in [2.45, 2.75) is 6.04 Å². The number of hydrogen-bond acceptors (Lipinski definition) is 6. The van der Waals surface area contributed by atoms with E-state index in [1.165, 1.54) is 11.3 Å². The lowest BCUT2D eigenvalue weighted by Gasteiger charge is -2.19. The Hall–Kier alpha value is -1.47. The number of nitrogens with two attached hydrogens (primary N) is 1. The molecule has 21 heavy (non-hydrogen) atoms. The molecule has 0 aliphatic carbocycles. The Bertz CT molecular complexity index is 593. The largest absolute Gasteiger partial charge is 0.493 e. The lowest BCUT2D eigenvalue weighted by molar-refractivity contribution is 0.323. The average molecular weight is 329 g/mol. The zero-order chi connectivity index (χ0) is 15.4. The number of methoxy groups -OCH3 is 3. The van der Waals surface area contributed by atoms with E-state index < -0.39 is 0 Å². The molecule has 1 aromatic heterocycles. The molecule has 0 aliphatic heterocycles. The summed E-state index contributed by atoms with van der Waals surface area (Å²) in [6.07, 6.45) is 0. The van der Waals surface area contributed by atoms with Gasteiger partial charge in [0.05, 0.1) is 32.4 Å². The number of thiophene rings is 1. The Morgan fingerprint density at radius 3 is 2.14 bits per heavy atom. The number of benzene rings is 1. The normalized spacial score (nSPS) is 12.0. The smallest absolute Gasteiger partial charge is 0.203 e. The number of nitrogens with one attached hydrogen (secondary N) is 1. The van der Waals surface area contributed by atoms with Crippen LogP contribution in [0.3, 0.4) is 0 Å². The van der Waals surface area contributed by atoms with E-state index in [0.29, 0.717) is 22.3 Å². The molecule has 1 atom stereocenters. The Kier molecular flexibility index (Phi) is 5.30. The van der Waals surface area contributed by atoms with Crippen molar-refractivity contribution < 1.29 is 14.2 Å². The molecule has 0 fully saturated rings. The molecule has 0 amide bonds. The van der Waals surface area contributed by atoms with Crippen LogP contribution >= 0.6 is 22.9 Å². The summed E-state index contributed by atoms with van der Waals surface area (Å²) in [4.78, 5) is 0.924. The van der Waals surface area contributed by atoms with Crippen LogP contribution in [0.15, 0.2) is 23.6 Å². The highest BCUT2D eigenvalue weighted by Gasteiger charge is 2.21. The third-order valence-corrected chi connectivity index (χ3v) is 4.52. The maximum atomic E-state index is 6.20. The number of halogens is 1. The molecule has 2 aromatic rings. The van der Waals surface area contributed by atoms with Crippen LogP contribution in [0, 0.1) is 0 Å². The van der Waals surface area contributed by atoms with Gasteiger partial charge in [0.15, 0.2) is 11.5 Å². The summed E-state index contributed by atoms with van der Waals surface area (Å²) in [5.41, 5.74) is 3.65. The highest BCUT2D eigenvalue weighted by molar-refractivity contribution is 7.10. The molecule has 0 saturated carbocycles. The minimum absolute atomic E-state index is 0.258. The van der Waals surface area contributed by atoms with E-state index in [4.69, 9.17) is 31.7 Å². The van der Waals surface area contributed by atoms with Gasteiger partial charge in [-0.2, -0.15) is 0 Å². The zero-order valence-corrected chi connectivity index (χ0v) is 13.5. The van der Waals surface area contributed by atoms with E-state index in [-0.39, 0.29) is 6.04 Å². The SMILES string of the molecule is COc1cc(C(NN)c2sccc2Cl)cc(OC)c1OC. The van der Waals surface area contributed by atoms with Gasteiger partial charge < -0.3 is 14.2 Å². The predicted octanol–water partition coefficient (Wildman–Crippen LogP) is 2.98. The van der Waals surface area contributed by atoms with Crippen LogP contribution in [-0.4, -0.2) is 21.3 Å². The van der Waals surface area contributed by atoms with Gasteiger partial charge in [0, 0.05) is 4.88 Å². The van der Waals surface area contributed by atoms with Crippen LogP contribution < -0.4 is 25.5 Å².